The predicted octanol–water partition coefficient (Wildman–Crippen LogP) is 1.39. The fraction of sp³-hybridized carbons (Fsp3) is 0.615. The maximum Gasteiger partial charge on any atom is 0.127 e. The number of anilines is 1. The molecule has 4 heteroatoms. The average Bonchev–Trinajstić information content (AvgIpc) is 3.13. The molecule has 1 atom stereocenters. The molecule has 0 bridgehead atoms. The van der Waals surface area contributed by atoms with Gasteiger partial charge in [0, 0.05) is 33.0 Å². The second-order valence-corrected chi connectivity index (χ2v) is 4.93. The Bertz CT molecular complexity index is 374. The quantitative estimate of drug-likeness (QED) is 0.839. The van der Waals surface area contributed by atoms with Crippen molar-refractivity contribution in [1.82, 2.24) is 4.98 Å². The third-order valence-electron chi connectivity index (χ3n) is 3.32. The number of ether oxygens (including phenoxy) is 1. The van der Waals surface area contributed by atoms with Crippen LogP contribution in [-0.4, -0.2) is 37.9 Å². The SMILES string of the molecule is COCC(O)(c1ccc(N(C)C)nc1)C1CC1. The first-order chi connectivity index (χ1) is 8.08. The number of aromatic nitrogens is 1. The van der Waals surface area contributed by atoms with Gasteiger partial charge in [-0.3, -0.25) is 0 Å². The molecule has 1 fully saturated rings. The fourth-order valence-corrected chi connectivity index (χ4v) is 2.12. The summed E-state index contributed by atoms with van der Waals surface area (Å²) >= 11 is 0. The van der Waals surface area contributed by atoms with E-state index in [4.69, 9.17) is 4.74 Å². The van der Waals surface area contributed by atoms with Crippen LogP contribution >= 0.6 is 0 Å². The molecule has 1 N–H and O–H groups in total. The van der Waals surface area contributed by atoms with E-state index in [9.17, 15) is 5.11 Å². The molecule has 1 aliphatic carbocycles. The Hall–Kier alpha value is -1.13. The summed E-state index contributed by atoms with van der Waals surface area (Å²) in [6.45, 7) is 0.334. The van der Waals surface area contributed by atoms with Crippen molar-refractivity contribution in [2.24, 2.45) is 5.92 Å². The van der Waals surface area contributed by atoms with Gasteiger partial charge in [0.05, 0.1) is 6.61 Å². The normalized spacial score (nSPS) is 18.8. The molecule has 0 aromatic carbocycles. The highest BCUT2D eigenvalue weighted by Crippen LogP contribution is 2.45. The van der Waals surface area contributed by atoms with Gasteiger partial charge in [-0.15, -0.1) is 0 Å². The van der Waals surface area contributed by atoms with Crippen molar-refractivity contribution < 1.29 is 9.84 Å². The minimum Gasteiger partial charge on any atom is -0.382 e. The Morgan fingerprint density at radius 2 is 2.18 bits per heavy atom. The maximum absolute atomic E-state index is 10.7. The number of rotatable bonds is 5. The fourth-order valence-electron chi connectivity index (χ4n) is 2.12. The van der Waals surface area contributed by atoms with Crippen LogP contribution in [0.15, 0.2) is 18.3 Å². The zero-order valence-corrected chi connectivity index (χ0v) is 10.7. The zero-order chi connectivity index (χ0) is 12.5. The average molecular weight is 236 g/mol. The van der Waals surface area contributed by atoms with E-state index < -0.39 is 5.60 Å². The van der Waals surface area contributed by atoms with Crippen LogP contribution in [0.4, 0.5) is 5.82 Å². The summed E-state index contributed by atoms with van der Waals surface area (Å²) in [5, 5.41) is 10.7. The van der Waals surface area contributed by atoms with Crippen LogP contribution in [0.3, 0.4) is 0 Å². The van der Waals surface area contributed by atoms with Crippen LogP contribution in [0, 0.1) is 5.92 Å². The summed E-state index contributed by atoms with van der Waals surface area (Å²) < 4.78 is 5.15. The van der Waals surface area contributed by atoms with E-state index in [-0.39, 0.29) is 0 Å². The van der Waals surface area contributed by atoms with Crippen LogP contribution in [0.5, 0.6) is 0 Å². The molecule has 1 aromatic rings. The molecule has 1 saturated carbocycles. The Morgan fingerprint density at radius 3 is 2.59 bits per heavy atom. The molecule has 4 nitrogen and oxygen atoms in total. The molecule has 17 heavy (non-hydrogen) atoms. The highest BCUT2D eigenvalue weighted by atomic mass is 16.5. The molecule has 1 aromatic heterocycles. The van der Waals surface area contributed by atoms with E-state index in [1.54, 1.807) is 13.3 Å². The van der Waals surface area contributed by atoms with E-state index in [2.05, 4.69) is 4.98 Å². The molecule has 94 valence electrons. The lowest BCUT2D eigenvalue weighted by Gasteiger charge is -2.28. The molecule has 0 radical (unpaired) electrons. The first-order valence-corrected chi connectivity index (χ1v) is 5.93. The van der Waals surface area contributed by atoms with E-state index in [0.29, 0.717) is 12.5 Å². The van der Waals surface area contributed by atoms with Crippen molar-refractivity contribution in [3.05, 3.63) is 23.9 Å². The number of methoxy groups -OCH3 is 1. The summed E-state index contributed by atoms with van der Waals surface area (Å²) in [6, 6.07) is 3.87. The molecular weight excluding hydrogens is 216 g/mol. The van der Waals surface area contributed by atoms with Crippen molar-refractivity contribution in [3.8, 4) is 0 Å². The molecule has 0 amide bonds. The van der Waals surface area contributed by atoms with Gasteiger partial charge in [0.25, 0.3) is 0 Å². The van der Waals surface area contributed by atoms with Gasteiger partial charge in [0.2, 0.25) is 0 Å². The van der Waals surface area contributed by atoms with Crippen LogP contribution < -0.4 is 4.90 Å². The van der Waals surface area contributed by atoms with E-state index in [0.717, 1.165) is 24.2 Å². The maximum atomic E-state index is 10.7. The van der Waals surface area contributed by atoms with Crippen molar-refractivity contribution in [2.45, 2.75) is 18.4 Å². The summed E-state index contributed by atoms with van der Waals surface area (Å²) in [6.07, 6.45) is 3.89. The van der Waals surface area contributed by atoms with Gasteiger partial charge in [-0.25, -0.2) is 4.98 Å². The topological polar surface area (TPSA) is 45.6 Å². The molecule has 1 aliphatic rings. The van der Waals surface area contributed by atoms with Crippen LogP contribution in [0.2, 0.25) is 0 Å². The van der Waals surface area contributed by atoms with Crippen LogP contribution in [0.1, 0.15) is 18.4 Å². The second kappa shape index (κ2) is 4.63. The van der Waals surface area contributed by atoms with Gasteiger partial charge in [0.15, 0.2) is 0 Å². The van der Waals surface area contributed by atoms with E-state index >= 15 is 0 Å². The Balaban J connectivity index is 2.24. The predicted molar refractivity (Wildman–Crippen MR) is 67.1 cm³/mol. The van der Waals surface area contributed by atoms with E-state index in [1.165, 1.54) is 0 Å². The highest BCUT2D eigenvalue weighted by molar-refractivity contribution is 5.39. The summed E-state index contributed by atoms with van der Waals surface area (Å²) in [5.41, 5.74) is -0.0143. The minimum atomic E-state index is -0.868. The van der Waals surface area contributed by atoms with Crippen molar-refractivity contribution >= 4 is 5.82 Å². The standard InChI is InChI=1S/C13H20N2O2/c1-15(2)12-7-6-11(8-14-12)13(16,9-17-3)10-4-5-10/h6-8,10,16H,4-5,9H2,1-3H3. The van der Waals surface area contributed by atoms with Gasteiger partial charge in [-0.1, -0.05) is 6.07 Å². The third kappa shape index (κ3) is 2.42. The van der Waals surface area contributed by atoms with Crippen molar-refractivity contribution in [3.63, 3.8) is 0 Å². The molecule has 0 saturated heterocycles. The molecule has 2 rings (SSSR count). The molecule has 1 unspecified atom stereocenters. The molecular formula is C13H20N2O2. The van der Waals surface area contributed by atoms with E-state index in [1.807, 2.05) is 31.1 Å². The number of hydrogen-bond donors (Lipinski definition) is 1. The largest absolute Gasteiger partial charge is 0.382 e. The summed E-state index contributed by atoms with van der Waals surface area (Å²) in [4.78, 5) is 6.29. The van der Waals surface area contributed by atoms with Gasteiger partial charge >= 0.3 is 0 Å². The summed E-state index contributed by atoms with van der Waals surface area (Å²) in [5.74, 6) is 1.21. The molecule has 1 heterocycles. The second-order valence-electron chi connectivity index (χ2n) is 4.93. The van der Waals surface area contributed by atoms with Crippen molar-refractivity contribution in [1.29, 1.82) is 0 Å². The lowest BCUT2D eigenvalue weighted by molar-refractivity contribution is -0.0534. The lowest BCUT2D eigenvalue weighted by Crippen LogP contribution is -2.34. The lowest BCUT2D eigenvalue weighted by atomic mass is 9.91. The molecule has 0 aliphatic heterocycles. The Labute approximate surface area is 102 Å². The highest BCUT2D eigenvalue weighted by Gasteiger charge is 2.45. The monoisotopic (exact) mass is 236 g/mol. The smallest absolute Gasteiger partial charge is 0.127 e. The zero-order valence-electron chi connectivity index (χ0n) is 10.7. The van der Waals surface area contributed by atoms with Crippen LogP contribution in [-0.2, 0) is 10.3 Å². The Morgan fingerprint density at radius 1 is 1.47 bits per heavy atom. The van der Waals surface area contributed by atoms with Crippen LogP contribution in [0.25, 0.3) is 0 Å². The minimum absolute atomic E-state index is 0.314. The molecule has 0 spiro atoms. The van der Waals surface area contributed by atoms with Gasteiger partial charge in [-0.05, 0) is 24.8 Å². The van der Waals surface area contributed by atoms with Crippen molar-refractivity contribution in [2.75, 3.05) is 32.7 Å². The number of nitrogens with zero attached hydrogens (tertiary/aromatic N) is 2. The summed E-state index contributed by atoms with van der Waals surface area (Å²) in [7, 11) is 5.52. The number of pyridine rings is 1. The Kier molecular flexibility index (Phi) is 3.35. The van der Waals surface area contributed by atoms with Gasteiger partial charge < -0.3 is 14.7 Å². The number of aliphatic hydroxyl groups is 1. The first-order valence-electron chi connectivity index (χ1n) is 5.93. The third-order valence-corrected chi connectivity index (χ3v) is 3.32. The van der Waals surface area contributed by atoms with Gasteiger partial charge in [0.1, 0.15) is 11.4 Å². The number of hydrogen-bond acceptors (Lipinski definition) is 4. The first kappa shape index (κ1) is 12.3. The van der Waals surface area contributed by atoms with Gasteiger partial charge in [-0.2, -0.15) is 0 Å².